The molecule has 2 aromatic carbocycles. The van der Waals surface area contributed by atoms with Gasteiger partial charge in [0.15, 0.2) is 0 Å². The molecule has 0 aliphatic carbocycles. The molecule has 0 atom stereocenters. The van der Waals surface area contributed by atoms with Gasteiger partial charge in [0.2, 0.25) is 5.88 Å². The second-order valence-corrected chi connectivity index (χ2v) is 7.37. The van der Waals surface area contributed by atoms with E-state index < -0.39 is 0 Å². The van der Waals surface area contributed by atoms with Crippen molar-refractivity contribution >= 4 is 22.8 Å². The lowest BCUT2D eigenvalue weighted by atomic mass is 10.00. The molecule has 0 unspecified atom stereocenters. The van der Waals surface area contributed by atoms with Crippen LogP contribution in [0.15, 0.2) is 71.9 Å². The normalized spacial score (nSPS) is 12.8. The maximum absolute atomic E-state index is 5.38. The van der Waals surface area contributed by atoms with Crippen LogP contribution in [0, 0.1) is 0 Å². The first-order chi connectivity index (χ1) is 14.2. The number of rotatable bonds is 6. The number of methoxy groups -OCH3 is 1. The summed E-state index contributed by atoms with van der Waals surface area (Å²) in [6.45, 7) is 1.90. The monoisotopic (exact) mass is 386 g/mol. The minimum absolute atomic E-state index is 0.569. The molecule has 2 heterocycles. The van der Waals surface area contributed by atoms with Crippen molar-refractivity contribution in [2.24, 2.45) is 4.99 Å². The molecule has 0 spiro atoms. The molecule has 0 saturated heterocycles. The van der Waals surface area contributed by atoms with E-state index in [4.69, 9.17) is 9.73 Å². The van der Waals surface area contributed by atoms with Crippen LogP contribution in [0.25, 0.3) is 0 Å². The fourth-order valence-corrected chi connectivity index (χ4v) is 3.65. The van der Waals surface area contributed by atoms with Crippen molar-refractivity contribution in [2.45, 2.75) is 6.42 Å². The zero-order chi connectivity index (χ0) is 20.2. The summed E-state index contributed by atoms with van der Waals surface area (Å²) in [5.74, 6) is 0.569. The van der Waals surface area contributed by atoms with Crippen LogP contribution in [0.4, 0.5) is 17.1 Å². The quantitative estimate of drug-likeness (QED) is 0.618. The van der Waals surface area contributed by atoms with Gasteiger partial charge in [0.25, 0.3) is 0 Å². The molecule has 0 radical (unpaired) electrons. The van der Waals surface area contributed by atoms with Gasteiger partial charge in [-0.05, 0) is 33.1 Å². The molecule has 5 heteroatoms. The highest BCUT2D eigenvalue weighted by Gasteiger charge is 2.24. The lowest BCUT2D eigenvalue weighted by Crippen LogP contribution is -2.24. The van der Waals surface area contributed by atoms with Crippen LogP contribution in [0.5, 0.6) is 5.88 Å². The highest BCUT2D eigenvalue weighted by molar-refractivity contribution is 6.18. The summed E-state index contributed by atoms with van der Waals surface area (Å²) < 4.78 is 5.38. The van der Waals surface area contributed by atoms with Crippen molar-refractivity contribution < 1.29 is 4.74 Å². The van der Waals surface area contributed by atoms with Crippen molar-refractivity contribution in [3.63, 3.8) is 0 Å². The lowest BCUT2D eigenvalue weighted by Gasteiger charge is -2.27. The molecule has 0 saturated carbocycles. The van der Waals surface area contributed by atoms with Gasteiger partial charge in [-0.3, -0.25) is 0 Å². The Labute approximate surface area is 172 Å². The topological polar surface area (TPSA) is 41.0 Å². The predicted octanol–water partition coefficient (Wildman–Crippen LogP) is 4.66. The van der Waals surface area contributed by atoms with Gasteiger partial charge < -0.3 is 14.5 Å². The number of aliphatic imine (C=N–C) groups is 1. The third-order valence-electron chi connectivity index (χ3n) is 5.05. The van der Waals surface area contributed by atoms with Crippen molar-refractivity contribution in [3.05, 3.63) is 78.0 Å². The molecule has 4 rings (SSSR count). The maximum Gasteiger partial charge on any atom is 0.215 e. The van der Waals surface area contributed by atoms with Gasteiger partial charge in [-0.25, -0.2) is 9.98 Å². The smallest absolute Gasteiger partial charge is 0.215 e. The lowest BCUT2D eigenvalue weighted by molar-refractivity contribution is 0.398. The molecular formula is C24H26N4O. The van der Waals surface area contributed by atoms with E-state index in [-0.39, 0.29) is 0 Å². The minimum atomic E-state index is 0.569. The van der Waals surface area contributed by atoms with Gasteiger partial charge in [0, 0.05) is 23.7 Å². The minimum Gasteiger partial charge on any atom is -0.481 e. The fraction of sp³-hybridized carbons (Fsp3) is 0.250. The zero-order valence-corrected chi connectivity index (χ0v) is 17.2. The summed E-state index contributed by atoms with van der Waals surface area (Å²) in [6.07, 6.45) is 2.91. The number of para-hydroxylation sites is 1. The fourth-order valence-electron chi connectivity index (χ4n) is 3.65. The molecule has 0 N–H and O–H groups in total. The van der Waals surface area contributed by atoms with E-state index in [9.17, 15) is 0 Å². The van der Waals surface area contributed by atoms with Crippen LogP contribution < -0.4 is 9.64 Å². The second kappa shape index (κ2) is 8.45. The Morgan fingerprint density at radius 2 is 1.72 bits per heavy atom. The summed E-state index contributed by atoms with van der Waals surface area (Å²) >= 11 is 0. The first-order valence-corrected chi connectivity index (χ1v) is 9.87. The predicted molar refractivity (Wildman–Crippen MR) is 119 cm³/mol. The van der Waals surface area contributed by atoms with Crippen molar-refractivity contribution in [1.29, 1.82) is 0 Å². The van der Waals surface area contributed by atoms with E-state index in [1.165, 1.54) is 0 Å². The number of hydrogen-bond acceptors (Lipinski definition) is 5. The Morgan fingerprint density at radius 3 is 2.48 bits per heavy atom. The molecule has 3 aromatic rings. The number of ether oxygens (including phenoxy) is 1. The molecule has 0 bridgehead atoms. The summed E-state index contributed by atoms with van der Waals surface area (Å²) in [7, 11) is 5.84. The van der Waals surface area contributed by atoms with E-state index in [1.54, 1.807) is 7.11 Å². The number of aromatic nitrogens is 1. The van der Waals surface area contributed by atoms with Crippen molar-refractivity contribution in [1.82, 2.24) is 9.88 Å². The third-order valence-corrected chi connectivity index (χ3v) is 5.05. The number of benzene rings is 2. The van der Waals surface area contributed by atoms with Gasteiger partial charge >= 0.3 is 0 Å². The molecular weight excluding hydrogens is 360 g/mol. The highest BCUT2D eigenvalue weighted by Crippen LogP contribution is 2.41. The van der Waals surface area contributed by atoms with Crippen molar-refractivity contribution in [3.8, 4) is 5.88 Å². The standard InChI is InChI=1S/C24H26N4O/c1-27(2)14-9-15-28-21-13-8-7-12-19(21)24(18-10-5-4-6-11-18)26-20-16-23(29-3)25-17-22(20)28/h4-8,10-13,16-17H,9,14-15H2,1-3H3. The SMILES string of the molecule is COc1cc2c(cn1)N(CCCN(C)C)c1ccccc1C(c1ccccc1)=N2. The van der Waals surface area contributed by atoms with Gasteiger partial charge in [0.1, 0.15) is 0 Å². The largest absolute Gasteiger partial charge is 0.481 e. The average molecular weight is 386 g/mol. The van der Waals surface area contributed by atoms with Gasteiger partial charge in [-0.15, -0.1) is 0 Å². The summed E-state index contributed by atoms with van der Waals surface area (Å²) in [5.41, 5.74) is 6.21. The third kappa shape index (κ3) is 4.00. The van der Waals surface area contributed by atoms with Crippen molar-refractivity contribution in [2.75, 3.05) is 39.2 Å². The van der Waals surface area contributed by atoms with E-state index >= 15 is 0 Å². The number of pyridine rings is 1. The molecule has 0 amide bonds. The number of fused-ring (bicyclic) bond motifs is 2. The van der Waals surface area contributed by atoms with E-state index in [1.807, 2.05) is 30.5 Å². The Bertz CT molecular complexity index is 1010. The molecule has 1 aliphatic heterocycles. The number of anilines is 2. The van der Waals surface area contributed by atoms with E-state index in [0.29, 0.717) is 5.88 Å². The van der Waals surface area contributed by atoms with Crippen LogP contribution >= 0.6 is 0 Å². The van der Waals surface area contributed by atoms with Gasteiger partial charge in [-0.1, -0.05) is 48.5 Å². The maximum atomic E-state index is 5.38. The van der Waals surface area contributed by atoms with E-state index in [0.717, 1.165) is 53.4 Å². The first-order valence-electron chi connectivity index (χ1n) is 9.87. The second-order valence-electron chi connectivity index (χ2n) is 7.37. The van der Waals surface area contributed by atoms with Gasteiger partial charge in [-0.2, -0.15) is 0 Å². The summed E-state index contributed by atoms with van der Waals surface area (Å²) in [5, 5.41) is 0. The van der Waals surface area contributed by atoms with E-state index in [2.05, 4.69) is 65.3 Å². The Hall–Kier alpha value is -3.18. The zero-order valence-electron chi connectivity index (χ0n) is 17.2. The van der Waals surface area contributed by atoms with Crippen LogP contribution in [0.2, 0.25) is 0 Å². The Kier molecular flexibility index (Phi) is 5.58. The molecule has 148 valence electrons. The number of nitrogens with zero attached hydrogens (tertiary/aromatic N) is 4. The average Bonchev–Trinajstić information content (AvgIpc) is 2.89. The number of hydrogen-bond donors (Lipinski definition) is 0. The van der Waals surface area contributed by atoms with Crippen LogP contribution in [-0.4, -0.2) is 49.9 Å². The molecule has 1 aliphatic rings. The Morgan fingerprint density at radius 1 is 0.966 bits per heavy atom. The Balaban J connectivity index is 1.89. The van der Waals surface area contributed by atoms with Crippen LogP contribution in [0.1, 0.15) is 17.5 Å². The van der Waals surface area contributed by atoms with Crippen LogP contribution in [-0.2, 0) is 0 Å². The molecule has 5 nitrogen and oxygen atoms in total. The van der Waals surface area contributed by atoms with Crippen LogP contribution in [0.3, 0.4) is 0 Å². The van der Waals surface area contributed by atoms with Gasteiger partial charge in [0.05, 0.1) is 36.1 Å². The highest BCUT2D eigenvalue weighted by atomic mass is 16.5. The first kappa shape index (κ1) is 19.2. The molecule has 0 fully saturated rings. The summed E-state index contributed by atoms with van der Waals surface area (Å²) in [6, 6.07) is 20.7. The molecule has 29 heavy (non-hydrogen) atoms. The molecule has 1 aromatic heterocycles. The summed E-state index contributed by atoms with van der Waals surface area (Å²) in [4.78, 5) is 14.1.